The third kappa shape index (κ3) is 3.19. The Morgan fingerprint density at radius 3 is 2.85 bits per heavy atom. The Balaban J connectivity index is 2.84. The van der Waals surface area contributed by atoms with Gasteiger partial charge in [-0.05, 0) is 56.2 Å². The van der Waals surface area contributed by atoms with Gasteiger partial charge in [-0.2, -0.15) is 0 Å². The zero-order valence-electron chi connectivity index (χ0n) is 7.26. The number of methoxy groups -OCH3 is 1. The molecule has 1 aromatic rings. The van der Waals surface area contributed by atoms with Gasteiger partial charge in [0, 0.05) is 15.2 Å². The fourth-order valence-electron chi connectivity index (χ4n) is 1.02. The molecule has 0 saturated carbocycles. The summed E-state index contributed by atoms with van der Waals surface area (Å²) < 4.78 is 7.26. The van der Waals surface area contributed by atoms with Crippen molar-refractivity contribution in [1.29, 1.82) is 0 Å². The summed E-state index contributed by atoms with van der Waals surface area (Å²) in [4.78, 5) is 0. The molecule has 1 rings (SSSR count). The van der Waals surface area contributed by atoms with Crippen molar-refractivity contribution in [2.45, 2.75) is 6.04 Å². The summed E-state index contributed by atoms with van der Waals surface area (Å²) in [5.74, 6) is 0. The van der Waals surface area contributed by atoms with Gasteiger partial charge in [-0.15, -0.1) is 0 Å². The average Bonchev–Trinajstić information content (AvgIpc) is 2.10. The first-order chi connectivity index (χ1) is 6.15. The van der Waals surface area contributed by atoms with Crippen LogP contribution < -0.4 is 5.73 Å². The summed E-state index contributed by atoms with van der Waals surface area (Å²) in [7, 11) is 1.66. The molecule has 2 nitrogen and oxygen atoms in total. The number of hydrogen-bond acceptors (Lipinski definition) is 2. The number of ether oxygens (including phenoxy) is 1. The number of hydrogen-bond donors (Lipinski definition) is 1. The summed E-state index contributed by atoms with van der Waals surface area (Å²) in [6.07, 6.45) is 0. The fourth-order valence-corrected chi connectivity index (χ4v) is 1.80. The number of halogens is 2. The van der Waals surface area contributed by atoms with Crippen molar-refractivity contribution in [1.82, 2.24) is 0 Å². The third-order valence-corrected chi connectivity index (χ3v) is 4.04. The van der Waals surface area contributed by atoms with E-state index in [1.807, 2.05) is 12.1 Å². The first kappa shape index (κ1) is 11.4. The molecule has 0 bridgehead atoms. The van der Waals surface area contributed by atoms with E-state index < -0.39 is 0 Å². The van der Waals surface area contributed by atoms with Gasteiger partial charge in [-0.1, -0.05) is 6.07 Å². The normalized spacial score (nSPS) is 12.9. The Labute approximate surface area is 100 Å². The van der Waals surface area contributed by atoms with Crippen LogP contribution in [0.2, 0.25) is 0 Å². The van der Waals surface area contributed by atoms with Crippen LogP contribution in [0.3, 0.4) is 0 Å². The van der Waals surface area contributed by atoms with E-state index in [1.165, 1.54) is 3.57 Å². The first-order valence-electron chi connectivity index (χ1n) is 3.84. The maximum absolute atomic E-state index is 5.88. The molecule has 0 aliphatic carbocycles. The van der Waals surface area contributed by atoms with Crippen LogP contribution in [0, 0.1) is 3.57 Å². The maximum Gasteiger partial charge on any atom is 0.0655 e. The largest absolute Gasteiger partial charge is 0.383 e. The minimum atomic E-state index is -0.0355. The van der Waals surface area contributed by atoms with Crippen LogP contribution in [0.15, 0.2) is 22.7 Å². The molecule has 1 aromatic carbocycles. The van der Waals surface area contributed by atoms with Crippen molar-refractivity contribution < 1.29 is 4.74 Å². The molecule has 0 fully saturated rings. The van der Waals surface area contributed by atoms with Crippen LogP contribution in [0.5, 0.6) is 0 Å². The summed E-state index contributed by atoms with van der Waals surface area (Å²) >= 11 is 5.71. The lowest BCUT2D eigenvalue weighted by Crippen LogP contribution is -2.16. The Bertz CT molecular complexity index is 293. The van der Waals surface area contributed by atoms with Crippen molar-refractivity contribution >= 4 is 38.5 Å². The summed E-state index contributed by atoms with van der Waals surface area (Å²) in [6.45, 7) is 0.553. The molecule has 0 saturated heterocycles. The fraction of sp³-hybridized carbons (Fsp3) is 0.333. The molecule has 13 heavy (non-hydrogen) atoms. The zero-order chi connectivity index (χ0) is 9.84. The lowest BCUT2D eigenvalue weighted by Gasteiger charge is -2.11. The highest BCUT2D eigenvalue weighted by atomic mass is 127. The lowest BCUT2D eigenvalue weighted by molar-refractivity contribution is 0.181. The van der Waals surface area contributed by atoms with Gasteiger partial charge in [-0.3, -0.25) is 0 Å². The topological polar surface area (TPSA) is 35.2 Å². The summed E-state index contributed by atoms with van der Waals surface area (Å²) in [5.41, 5.74) is 6.99. The molecule has 1 atom stereocenters. The predicted octanol–water partition coefficient (Wildman–Crippen LogP) is 2.70. The molecule has 2 N–H and O–H groups in total. The Kier molecular flexibility index (Phi) is 4.64. The molecular weight excluding hydrogens is 345 g/mol. The van der Waals surface area contributed by atoms with E-state index in [4.69, 9.17) is 10.5 Å². The predicted molar refractivity (Wildman–Crippen MR) is 65.7 cm³/mol. The number of nitrogens with two attached hydrogens (primary N) is 1. The maximum atomic E-state index is 5.88. The van der Waals surface area contributed by atoms with Crippen LogP contribution in [-0.2, 0) is 4.74 Å². The molecular formula is C9H11BrINO. The second-order valence-corrected chi connectivity index (χ2v) is 4.75. The Hall–Kier alpha value is 0.350. The second-order valence-electron chi connectivity index (χ2n) is 2.74. The van der Waals surface area contributed by atoms with E-state index in [9.17, 15) is 0 Å². The minimum Gasteiger partial charge on any atom is -0.383 e. The monoisotopic (exact) mass is 355 g/mol. The van der Waals surface area contributed by atoms with Crippen molar-refractivity contribution in [3.63, 3.8) is 0 Å². The van der Waals surface area contributed by atoms with Gasteiger partial charge in [-0.25, -0.2) is 0 Å². The van der Waals surface area contributed by atoms with Gasteiger partial charge in [0.05, 0.1) is 12.6 Å². The summed E-state index contributed by atoms with van der Waals surface area (Å²) in [5, 5.41) is 0. The highest BCUT2D eigenvalue weighted by Gasteiger charge is 2.06. The SMILES string of the molecule is COC[C@H](N)c1ccc(Br)c(I)c1. The molecule has 72 valence electrons. The Morgan fingerprint density at radius 2 is 2.31 bits per heavy atom. The molecule has 0 aromatic heterocycles. The smallest absolute Gasteiger partial charge is 0.0655 e. The van der Waals surface area contributed by atoms with Crippen LogP contribution in [0.25, 0.3) is 0 Å². The number of rotatable bonds is 3. The van der Waals surface area contributed by atoms with E-state index in [-0.39, 0.29) is 6.04 Å². The first-order valence-corrected chi connectivity index (χ1v) is 5.71. The minimum absolute atomic E-state index is 0.0355. The van der Waals surface area contributed by atoms with Crippen molar-refractivity contribution in [3.05, 3.63) is 31.8 Å². The van der Waals surface area contributed by atoms with Gasteiger partial charge in [0.25, 0.3) is 0 Å². The quantitative estimate of drug-likeness (QED) is 0.846. The van der Waals surface area contributed by atoms with E-state index in [2.05, 4.69) is 44.6 Å². The van der Waals surface area contributed by atoms with E-state index in [0.717, 1.165) is 10.0 Å². The molecule has 0 amide bonds. The molecule has 0 unspecified atom stereocenters. The highest BCUT2D eigenvalue weighted by molar-refractivity contribution is 14.1. The average molecular weight is 356 g/mol. The van der Waals surface area contributed by atoms with E-state index in [1.54, 1.807) is 7.11 Å². The highest BCUT2D eigenvalue weighted by Crippen LogP contribution is 2.22. The van der Waals surface area contributed by atoms with Crippen LogP contribution in [0.4, 0.5) is 0 Å². The van der Waals surface area contributed by atoms with Crippen molar-refractivity contribution in [2.75, 3.05) is 13.7 Å². The van der Waals surface area contributed by atoms with Gasteiger partial charge < -0.3 is 10.5 Å². The van der Waals surface area contributed by atoms with Crippen LogP contribution >= 0.6 is 38.5 Å². The van der Waals surface area contributed by atoms with E-state index in [0.29, 0.717) is 6.61 Å². The molecule has 0 aliphatic heterocycles. The zero-order valence-corrected chi connectivity index (χ0v) is 11.0. The van der Waals surface area contributed by atoms with E-state index >= 15 is 0 Å². The lowest BCUT2D eigenvalue weighted by atomic mass is 10.1. The van der Waals surface area contributed by atoms with Crippen LogP contribution in [0.1, 0.15) is 11.6 Å². The Morgan fingerprint density at radius 1 is 1.62 bits per heavy atom. The van der Waals surface area contributed by atoms with Gasteiger partial charge in [0.1, 0.15) is 0 Å². The van der Waals surface area contributed by atoms with Gasteiger partial charge >= 0.3 is 0 Å². The van der Waals surface area contributed by atoms with Gasteiger partial charge in [0.2, 0.25) is 0 Å². The van der Waals surface area contributed by atoms with Crippen LogP contribution in [-0.4, -0.2) is 13.7 Å². The number of benzene rings is 1. The molecule has 4 heteroatoms. The second kappa shape index (κ2) is 5.29. The standard InChI is InChI=1S/C9H11BrINO/c1-13-5-9(12)6-2-3-7(10)8(11)4-6/h2-4,9H,5,12H2,1H3/t9-/m0/s1. The van der Waals surface area contributed by atoms with Gasteiger partial charge in [0.15, 0.2) is 0 Å². The third-order valence-electron chi connectivity index (χ3n) is 1.72. The van der Waals surface area contributed by atoms with Crippen molar-refractivity contribution in [2.24, 2.45) is 5.73 Å². The molecule has 0 radical (unpaired) electrons. The molecule has 0 spiro atoms. The molecule has 0 heterocycles. The summed E-state index contributed by atoms with van der Waals surface area (Å²) in [6, 6.07) is 6.04. The van der Waals surface area contributed by atoms with Crippen molar-refractivity contribution in [3.8, 4) is 0 Å². The molecule has 0 aliphatic rings.